The molecule has 14 heteroatoms. The summed E-state index contributed by atoms with van der Waals surface area (Å²) in [5.74, 6) is 0.655. The number of piperazine rings is 1. The molecule has 4 aromatic heterocycles. The number of hydrogen-bond donors (Lipinski definition) is 1. The second kappa shape index (κ2) is 10.8. The Morgan fingerprint density at radius 3 is 2.52 bits per heavy atom. The number of aromatic nitrogens is 6. The number of likely N-dealkylation sites (N-methyl/N-ethyl adjacent to an activating group) is 1. The number of hydrogen-bond acceptors (Lipinski definition) is 7. The van der Waals surface area contributed by atoms with Crippen LogP contribution in [0.25, 0.3) is 44.5 Å². The summed E-state index contributed by atoms with van der Waals surface area (Å²) in [4.78, 5) is 26.0. The number of anilines is 1. The molecule has 0 bridgehead atoms. The van der Waals surface area contributed by atoms with Crippen LogP contribution in [-0.4, -0.2) is 84.6 Å². The van der Waals surface area contributed by atoms with Crippen molar-refractivity contribution in [3.05, 3.63) is 77.8 Å². The van der Waals surface area contributed by atoms with Crippen molar-refractivity contribution >= 4 is 51.0 Å². The van der Waals surface area contributed by atoms with Gasteiger partial charge < -0.3 is 10.2 Å². The number of nitrogens with zero attached hydrogens (tertiary/aromatic N) is 8. The normalized spacial score (nSPS) is 15.0. The summed E-state index contributed by atoms with van der Waals surface area (Å²) in [5, 5.41) is 11.3. The predicted molar refractivity (Wildman–Crippen MR) is 161 cm³/mol. The Bertz CT molecular complexity index is 2030. The number of pyridine rings is 2. The fraction of sp³-hybridized carbons (Fsp3) is 0.233. The van der Waals surface area contributed by atoms with E-state index in [0.717, 1.165) is 43.4 Å². The molecule has 7 rings (SSSR count). The number of halogens is 4. The molecule has 0 unspecified atom stereocenters. The molecule has 10 nitrogen and oxygen atoms in total. The molecular formula is C30H25ClF3N9O. The summed E-state index contributed by atoms with van der Waals surface area (Å²) in [7, 11) is 2.07. The van der Waals surface area contributed by atoms with Crippen LogP contribution in [0.5, 0.6) is 0 Å². The van der Waals surface area contributed by atoms with Gasteiger partial charge in [0.1, 0.15) is 12.1 Å². The van der Waals surface area contributed by atoms with E-state index in [2.05, 4.69) is 42.3 Å². The van der Waals surface area contributed by atoms with Gasteiger partial charge in [0, 0.05) is 49.0 Å². The van der Waals surface area contributed by atoms with Gasteiger partial charge in [0.25, 0.3) is 0 Å². The summed E-state index contributed by atoms with van der Waals surface area (Å²) in [6.07, 6.45) is 0.170. The lowest BCUT2D eigenvalue weighted by Crippen LogP contribution is -2.47. The minimum Gasteiger partial charge on any atom is -0.310 e. The molecule has 0 radical (unpaired) electrons. The first-order valence-electron chi connectivity index (χ1n) is 13.8. The van der Waals surface area contributed by atoms with Gasteiger partial charge in [-0.25, -0.2) is 4.98 Å². The van der Waals surface area contributed by atoms with E-state index in [9.17, 15) is 18.0 Å². The molecule has 0 atom stereocenters. The molecule has 5 heterocycles. The van der Waals surface area contributed by atoms with E-state index >= 15 is 0 Å². The van der Waals surface area contributed by atoms with Crippen LogP contribution in [0.1, 0.15) is 5.56 Å². The Morgan fingerprint density at radius 2 is 1.77 bits per heavy atom. The lowest BCUT2D eigenvalue weighted by molar-refractivity contribution is -0.137. The van der Waals surface area contributed by atoms with Crippen molar-refractivity contribution in [2.75, 3.05) is 45.1 Å². The van der Waals surface area contributed by atoms with Gasteiger partial charge in [0.15, 0.2) is 0 Å². The summed E-state index contributed by atoms with van der Waals surface area (Å²) >= 11 is 5.92. The van der Waals surface area contributed by atoms with Gasteiger partial charge in [-0.3, -0.25) is 23.6 Å². The van der Waals surface area contributed by atoms with Crippen LogP contribution in [0.15, 0.2) is 67.3 Å². The maximum Gasteiger partial charge on any atom is 0.417 e. The van der Waals surface area contributed by atoms with Crippen molar-refractivity contribution in [1.29, 1.82) is 0 Å². The van der Waals surface area contributed by atoms with Gasteiger partial charge in [-0.15, -0.1) is 10.2 Å². The highest BCUT2D eigenvalue weighted by molar-refractivity contribution is 6.31. The highest BCUT2D eigenvalue weighted by Gasteiger charge is 2.34. The quantitative estimate of drug-likeness (QED) is 0.285. The van der Waals surface area contributed by atoms with Gasteiger partial charge in [-0.05, 0) is 55.1 Å². The zero-order valence-electron chi connectivity index (χ0n) is 23.4. The van der Waals surface area contributed by atoms with Crippen molar-refractivity contribution in [1.82, 2.24) is 38.9 Å². The molecule has 1 aliphatic heterocycles. The smallest absolute Gasteiger partial charge is 0.310 e. The Balaban J connectivity index is 1.25. The number of rotatable bonds is 5. The number of nitrogens with one attached hydrogen (secondary N) is 1. The topological polar surface area (TPSA) is 96.5 Å². The van der Waals surface area contributed by atoms with Crippen molar-refractivity contribution in [2.24, 2.45) is 0 Å². The molecule has 1 aliphatic rings. The number of carbonyl (C=O) groups excluding carboxylic acids is 1. The first-order chi connectivity index (χ1) is 21.2. The van der Waals surface area contributed by atoms with Crippen LogP contribution in [0, 0.1) is 0 Å². The number of alkyl halides is 3. The second-order valence-electron chi connectivity index (χ2n) is 10.8. The Labute approximate surface area is 253 Å². The highest BCUT2D eigenvalue weighted by Crippen LogP contribution is 2.38. The molecule has 1 N–H and O–H groups in total. The van der Waals surface area contributed by atoms with E-state index in [0.29, 0.717) is 40.1 Å². The Hall–Kier alpha value is -4.59. The number of carbonyl (C=O) groups is 1. The first-order valence-corrected chi connectivity index (χ1v) is 14.2. The molecule has 0 aliphatic carbocycles. The number of benzene rings is 2. The standard InChI is InChI=1S/C30H25ClF3N9O/c1-40-8-10-41(11-9-40)16-27(44)38-26-7-3-19(14-36-26)18-2-6-24-21(12-18)28-25(15-35-24)42-17-37-39-29(42)43(28)20-4-5-23(31)22(13-20)30(32,33)34/h2-7,12-15,17H,8-11,16H2,1H3,(H,36,38,44). The summed E-state index contributed by atoms with van der Waals surface area (Å²) < 4.78 is 44.6. The summed E-state index contributed by atoms with van der Waals surface area (Å²) in [5.41, 5.74) is 2.75. The molecular weight excluding hydrogens is 595 g/mol. The molecule has 0 spiro atoms. The Morgan fingerprint density at radius 1 is 0.977 bits per heavy atom. The third kappa shape index (κ3) is 5.12. The SMILES string of the molecule is CN1CCN(CC(=O)Nc2ccc(-c3ccc4ncc5c(c4c3)n(-c3ccc(Cl)c(C(F)(F)F)c3)c3nncn53)cn2)CC1. The number of amides is 1. The van der Waals surface area contributed by atoms with Crippen LogP contribution in [-0.2, 0) is 11.0 Å². The average molecular weight is 620 g/mol. The van der Waals surface area contributed by atoms with Gasteiger partial charge in [-0.1, -0.05) is 17.7 Å². The second-order valence-corrected chi connectivity index (χ2v) is 11.2. The highest BCUT2D eigenvalue weighted by atomic mass is 35.5. The summed E-state index contributed by atoms with van der Waals surface area (Å²) in [6, 6.07) is 13.0. The number of fused-ring (bicyclic) bond motifs is 5. The van der Waals surface area contributed by atoms with Crippen molar-refractivity contribution < 1.29 is 18.0 Å². The van der Waals surface area contributed by atoms with Crippen molar-refractivity contribution in [3.63, 3.8) is 0 Å². The molecule has 6 aromatic rings. The zero-order chi connectivity index (χ0) is 30.6. The van der Waals surface area contributed by atoms with Gasteiger partial charge in [0.2, 0.25) is 11.7 Å². The molecule has 1 amide bonds. The summed E-state index contributed by atoms with van der Waals surface area (Å²) in [6.45, 7) is 3.84. The zero-order valence-corrected chi connectivity index (χ0v) is 24.1. The lowest BCUT2D eigenvalue weighted by atomic mass is 10.0. The van der Waals surface area contributed by atoms with Gasteiger partial charge in [0.05, 0.1) is 39.9 Å². The minimum absolute atomic E-state index is 0.120. The number of imidazole rings is 1. The predicted octanol–water partition coefficient (Wildman–Crippen LogP) is 5.14. The largest absolute Gasteiger partial charge is 0.417 e. The fourth-order valence-corrected chi connectivity index (χ4v) is 5.78. The van der Waals surface area contributed by atoms with Crippen molar-refractivity contribution in [2.45, 2.75) is 6.18 Å². The third-order valence-electron chi connectivity index (χ3n) is 7.87. The van der Waals surface area contributed by atoms with Crippen LogP contribution >= 0.6 is 11.6 Å². The molecule has 224 valence electrons. The van der Waals surface area contributed by atoms with E-state index in [1.54, 1.807) is 27.4 Å². The van der Waals surface area contributed by atoms with Crippen LogP contribution in [0.4, 0.5) is 19.0 Å². The van der Waals surface area contributed by atoms with Crippen molar-refractivity contribution in [3.8, 4) is 16.8 Å². The average Bonchev–Trinajstić information content (AvgIpc) is 3.60. The molecule has 44 heavy (non-hydrogen) atoms. The van der Waals surface area contributed by atoms with Gasteiger partial charge >= 0.3 is 6.18 Å². The fourth-order valence-electron chi connectivity index (χ4n) is 5.55. The maximum absolute atomic E-state index is 13.8. The Kier molecular flexibility index (Phi) is 6.95. The van der Waals surface area contributed by atoms with E-state index in [4.69, 9.17) is 11.6 Å². The van der Waals surface area contributed by atoms with E-state index in [-0.39, 0.29) is 11.6 Å². The monoisotopic (exact) mass is 619 g/mol. The van der Waals surface area contributed by atoms with E-state index in [1.165, 1.54) is 18.5 Å². The molecule has 2 aromatic carbocycles. The molecule has 1 fully saturated rings. The van der Waals surface area contributed by atoms with E-state index in [1.807, 2.05) is 24.3 Å². The lowest BCUT2D eigenvalue weighted by Gasteiger charge is -2.31. The van der Waals surface area contributed by atoms with Crippen LogP contribution in [0.2, 0.25) is 5.02 Å². The molecule has 0 saturated carbocycles. The molecule has 1 saturated heterocycles. The third-order valence-corrected chi connectivity index (χ3v) is 8.20. The van der Waals surface area contributed by atoms with Gasteiger partial charge in [-0.2, -0.15) is 13.2 Å². The minimum atomic E-state index is -4.64. The van der Waals surface area contributed by atoms with Crippen LogP contribution < -0.4 is 5.32 Å². The first kappa shape index (κ1) is 28.2. The van der Waals surface area contributed by atoms with Crippen LogP contribution in [0.3, 0.4) is 0 Å². The maximum atomic E-state index is 13.8. The van der Waals surface area contributed by atoms with E-state index < -0.39 is 16.8 Å².